The number of aryl methyl sites for hydroxylation is 1. The van der Waals surface area contributed by atoms with Gasteiger partial charge in [0.1, 0.15) is 5.75 Å². The molecule has 1 atom stereocenters. The van der Waals surface area contributed by atoms with Crippen molar-refractivity contribution in [3.05, 3.63) is 29.8 Å². The van der Waals surface area contributed by atoms with E-state index in [0.29, 0.717) is 13.2 Å². The largest absolute Gasteiger partial charge is 0.494 e. The summed E-state index contributed by atoms with van der Waals surface area (Å²) >= 11 is 0. The summed E-state index contributed by atoms with van der Waals surface area (Å²) in [4.78, 5) is 4.17. The Balaban J connectivity index is 0.00000441. The lowest BCUT2D eigenvalue weighted by Crippen LogP contribution is -2.44. The van der Waals surface area contributed by atoms with Crippen molar-refractivity contribution in [2.75, 3.05) is 33.9 Å². The third-order valence-electron chi connectivity index (χ3n) is 2.93. The summed E-state index contributed by atoms with van der Waals surface area (Å²) in [5, 5.41) is 6.51. The van der Waals surface area contributed by atoms with E-state index in [1.54, 1.807) is 14.2 Å². The molecule has 0 spiro atoms. The number of rotatable bonds is 8. The van der Waals surface area contributed by atoms with Crippen LogP contribution in [0.4, 0.5) is 0 Å². The second kappa shape index (κ2) is 12.5. The van der Waals surface area contributed by atoms with E-state index in [2.05, 4.69) is 41.6 Å². The Morgan fingerprint density at radius 2 is 1.95 bits per heavy atom. The van der Waals surface area contributed by atoms with Crippen molar-refractivity contribution >= 4 is 29.9 Å². The van der Waals surface area contributed by atoms with Crippen LogP contribution in [-0.4, -0.2) is 45.9 Å². The van der Waals surface area contributed by atoms with Gasteiger partial charge in [0.25, 0.3) is 0 Å². The van der Waals surface area contributed by atoms with Crippen molar-refractivity contribution in [3.63, 3.8) is 0 Å². The van der Waals surface area contributed by atoms with Crippen LogP contribution >= 0.6 is 24.0 Å². The van der Waals surface area contributed by atoms with E-state index in [1.165, 1.54) is 5.56 Å². The lowest BCUT2D eigenvalue weighted by atomic mass is 10.2. The van der Waals surface area contributed by atoms with E-state index < -0.39 is 0 Å². The normalized spacial score (nSPS) is 12.3. The van der Waals surface area contributed by atoms with Gasteiger partial charge in [-0.15, -0.1) is 24.0 Å². The second-order valence-electron chi connectivity index (χ2n) is 5.01. The molecule has 1 rings (SSSR count). The number of aliphatic imine (C=N–C) groups is 1. The Morgan fingerprint density at radius 3 is 2.55 bits per heavy atom. The van der Waals surface area contributed by atoms with E-state index in [4.69, 9.17) is 9.47 Å². The van der Waals surface area contributed by atoms with Crippen LogP contribution in [0.25, 0.3) is 0 Å². The fourth-order valence-corrected chi connectivity index (χ4v) is 1.82. The summed E-state index contributed by atoms with van der Waals surface area (Å²) in [5.41, 5.74) is 1.24. The number of hydrogen-bond acceptors (Lipinski definition) is 3. The van der Waals surface area contributed by atoms with Gasteiger partial charge in [0.05, 0.1) is 13.2 Å². The van der Waals surface area contributed by atoms with Gasteiger partial charge in [-0.2, -0.15) is 0 Å². The van der Waals surface area contributed by atoms with Crippen molar-refractivity contribution < 1.29 is 9.47 Å². The highest BCUT2D eigenvalue weighted by Gasteiger charge is 2.03. The van der Waals surface area contributed by atoms with Gasteiger partial charge in [0, 0.05) is 26.7 Å². The standard InChI is InChI=1S/C16H27N3O2.HI/c1-13-6-8-15(9-7-13)21-11-5-10-18-16(17-3)19-14(2)12-20-4;/h6-9,14H,5,10-12H2,1-4H3,(H2,17,18,19);1H. The van der Waals surface area contributed by atoms with E-state index >= 15 is 0 Å². The van der Waals surface area contributed by atoms with Crippen LogP contribution in [0.5, 0.6) is 5.75 Å². The number of guanidine groups is 1. The summed E-state index contributed by atoms with van der Waals surface area (Å²) in [7, 11) is 3.45. The van der Waals surface area contributed by atoms with Gasteiger partial charge in [-0.05, 0) is 32.4 Å². The number of nitrogens with one attached hydrogen (secondary N) is 2. The molecule has 0 fully saturated rings. The van der Waals surface area contributed by atoms with Gasteiger partial charge in [0.2, 0.25) is 0 Å². The molecule has 6 heteroatoms. The number of ether oxygens (including phenoxy) is 2. The molecule has 0 saturated carbocycles. The van der Waals surface area contributed by atoms with Crippen molar-refractivity contribution in [1.82, 2.24) is 10.6 Å². The lowest BCUT2D eigenvalue weighted by molar-refractivity contribution is 0.179. The van der Waals surface area contributed by atoms with E-state index in [0.717, 1.165) is 24.7 Å². The monoisotopic (exact) mass is 421 g/mol. The minimum absolute atomic E-state index is 0. The average molecular weight is 421 g/mol. The Morgan fingerprint density at radius 1 is 1.27 bits per heavy atom. The van der Waals surface area contributed by atoms with Gasteiger partial charge < -0.3 is 20.1 Å². The van der Waals surface area contributed by atoms with Crippen LogP contribution < -0.4 is 15.4 Å². The number of hydrogen-bond donors (Lipinski definition) is 2. The maximum Gasteiger partial charge on any atom is 0.191 e. The molecule has 0 saturated heterocycles. The van der Waals surface area contributed by atoms with Gasteiger partial charge >= 0.3 is 0 Å². The molecule has 0 amide bonds. The molecule has 1 aromatic rings. The molecule has 22 heavy (non-hydrogen) atoms. The van der Waals surface area contributed by atoms with Crippen LogP contribution in [-0.2, 0) is 4.74 Å². The first-order chi connectivity index (χ1) is 10.2. The highest BCUT2D eigenvalue weighted by molar-refractivity contribution is 14.0. The minimum Gasteiger partial charge on any atom is -0.494 e. The van der Waals surface area contributed by atoms with Crippen LogP contribution in [0, 0.1) is 6.92 Å². The first-order valence-electron chi connectivity index (χ1n) is 7.31. The zero-order valence-corrected chi connectivity index (χ0v) is 16.2. The van der Waals surface area contributed by atoms with Gasteiger partial charge in [0.15, 0.2) is 5.96 Å². The number of methoxy groups -OCH3 is 1. The Hall–Kier alpha value is -1.02. The molecule has 0 aliphatic rings. The molecule has 0 radical (unpaired) electrons. The quantitative estimate of drug-likeness (QED) is 0.293. The summed E-state index contributed by atoms with van der Waals surface area (Å²) in [6, 6.07) is 8.32. The zero-order chi connectivity index (χ0) is 15.5. The molecular weight excluding hydrogens is 393 g/mol. The third-order valence-corrected chi connectivity index (χ3v) is 2.93. The maximum absolute atomic E-state index is 5.68. The molecule has 1 aromatic carbocycles. The maximum atomic E-state index is 5.68. The van der Waals surface area contributed by atoms with E-state index in [-0.39, 0.29) is 30.0 Å². The van der Waals surface area contributed by atoms with Crippen LogP contribution in [0.2, 0.25) is 0 Å². The van der Waals surface area contributed by atoms with E-state index in [1.807, 2.05) is 12.1 Å². The summed E-state index contributed by atoms with van der Waals surface area (Å²) in [6.07, 6.45) is 0.910. The SMILES string of the molecule is CN=C(NCCCOc1ccc(C)cc1)NC(C)COC.I. The van der Waals surface area contributed by atoms with Crippen LogP contribution in [0.1, 0.15) is 18.9 Å². The van der Waals surface area contributed by atoms with Crippen molar-refractivity contribution in [2.45, 2.75) is 26.3 Å². The molecule has 0 aromatic heterocycles. The molecule has 2 N–H and O–H groups in total. The topological polar surface area (TPSA) is 54.9 Å². The Labute approximate surface area is 150 Å². The first-order valence-corrected chi connectivity index (χ1v) is 7.31. The van der Waals surface area contributed by atoms with Crippen molar-refractivity contribution in [3.8, 4) is 5.75 Å². The molecule has 5 nitrogen and oxygen atoms in total. The van der Waals surface area contributed by atoms with Gasteiger partial charge in [-0.3, -0.25) is 4.99 Å². The number of benzene rings is 1. The van der Waals surface area contributed by atoms with Crippen molar-refractivity contribution in [1.29, 1.82) is 0 Å². The molecule has 0 aliphatic heterocycles. The predicted molar refractivity (Wildman–Crippen MR) is 103 cm³/mol. The van der Waals surface area contributed by atoms with Gasteiger partial charge in [-0.1, -0.05) is 17.7 Å². The zero-order valence-electron chi connectivity index (χ0n) is 13.9. The van der Waals surface area contributed by atoms with Crippen molar-refractivity contribution in [2.24, 2.45) is 4.99 Å². The summed E-state index contributed by atoms with van der Waals surface area (Å²) < 4.78 is 10.8. The molecule has 1 unspecified atom stereocenters. The fourth-order valence-electron chi connectivity index (χ4n) is 1.82. The minimum atomic E-state index is 0. The van der Waals surface area contributed by atoms with Crippen LogP contribution in [0.15, 0.2) is 29.3 Å². The third kappa shape index (κ3) is 9.09. The molecule has 126 valence electrons. The van der Waals surface area contributed by atoms with Crippen LogP contribution in [0.3, 0.4) is 0 Å². The predicted octanol–water partition coefficient (Wildman–Crippen LogP) is 2.58. The first kappa shape index (κ1) is 21.0. The Kier molecular flexibility index (Phi) is 11.9. The highest BCUT2D eigenvalue weighted by Crippen LogP contribution is 2.11. The highest BCUT2D eigenvalue weighted by atomic mass is 127. The molecule has 0 bridgehead atoms. The molecular formula is C16H28IN3O2. The average Bonchev–Trinajstić information content (AvgIpc) is 2.48. The molecule has 0 heterocycles. The summed E-state index contributed by atoms with van der Waals surface area (Å²) in [5.74, 6) is 1.70. The summed E-state index contributed by atoms with van der Waals surface area (Å²) in [6.45, 7) is 6.26. The number of halogens is 1. The smallest absolute Gasteiger partial charge is 0.191 e. The van der Waals surface area contributed by atoms with Gasteiger partial charge in [-0.25, -0.2) is 0 Å². The number of nitrogens with zero attached hydrogens (tertiary/aromatic N) is 1. The Bertz CT molecular complexity index is 424. The second-order valence-corrected chi connectivity index (χ2v) is 5.01. The fraction of sp³-hybridized carbons (Fsp3) is 0.562. The van der Waals surface area contributed by atoms with E-state index in [9.17, 15) is 0 Å². The lowest BCUT2D eigenvalue weighted by Gasteiger charge is -2.17. The molecule has 0 aliphatic carbocycles.